The number of rotatable bonds is 4. The van der Waals surface area contributed by atoms with Gasteiger partial charge in [0.2, 0.25) is 5.91 Å². The molecule has 0 bridgehead atoms. The van der Waals surface area contributed by atoms with Crippen molar-refractivity contribution in [1.82, 2.24) is 9.80 Å². The summed E-state index contributed by atoms with van der Waals surface area (Å²) in [5, 5.41) is 9.14. The van der Waals surface area contributed by atoms with Gasteiger partial charge in [0.1, 0.15) is 6.04 Å². The molecule has 0 spiro atoms. The van der Waals surface area contributed by atoms with E-state index in [0.717, 1.165) is 32.7 Å². The molecule has 6 heteroatoms. The summed E-state index contributed by atoms with van der Waals surface area (Å²) < 4.78 is 5.28. The van der Waals surface area contributed by atoms with E-state index in [-0.39, 0.29) is 5.91 Å². The molecule has 0 N–H and O–H groups in total. The van der Waals surface area contributed by atoms with Gasteiger partial charge in [-0.25, -0.2) is 0 Å². The van der Waals surface area contributed by atoms with Crippen LogP contribution in [0.3, 0.4) is 0 Å². The Bertz CT molecular complexity index is 635. The van der Waals surface area contributed by atoms with Gasteiger partial charge in [-0.2, -0.15) is 5.26 Å². The summed E-state index contributed by atoms with van der Waals surface area (Å²) in [4.78, 5) is 18.8. The van der Waals surface area contributed by atoms with Crippen molar-refractivity contribution in [3.8, 4) is 6.07 Å². The first-order valence-electron chi connectivity index (χ1n) is 8.98. The van der Waals surface area contributed by atoms with Crippen LogP contribution in [-0.4, -0.2) is 74.2 Å². The molecule has 2 fully saturated rings. The second-order valence-corrected chi connectivity index (χ2v) is 6.72. The van der Waals surface area contributed by atoms with Crippen molar-refractivity contribution in [1.29, 1.82) is 5.26 Å². The van der Waals surface area contributed by atoms with E-state index >= 15 is 0 Å². The first-order chi connectivity index (χ1) is 12.2. The maximum Gasteiger partial charge on any atom is 0.225 e. The van der Waals surface area contributed by atoms with Gasteiger partial charge in [-0.3, -0.25) is 9.69 Å². The number of morpholine rings is 1. The van der Waals surface area contributed by atoms with Crippen molar-refractivity contribution in [3.63, 3.8) is 0 Å². The Labute approximate surface area is 149 Å². The number of hydrogen-bond donors (Lipinski definition) is 0. The van der Waals surface area contributed by atoms with Gasteiger partial charge in [0.15, 0.2) is 0 Å². The van der Waals surface area contributed by atoms with Gasteiger partial charge < -0.3 is 14.5 Å². The molecule has 6 nitrogen and oxygen atoms in total. The highest BCUT2D eigenvalue weighted by atomic mass is 16.5. The SMILES string of the molecule is Cc1cccc(N2CCN(CCC(=O)N3CCOC[C@H]3C#N)CC2)c1. The number of piperazine rings is 1. The lowest BCUT2D eigenvalue weighted by atomic mass is 10.2. The topological polar surface area (TPSA) is 59.8 Å². The summed E-state index contributed by atoms with van der Waals surface area (Å²) in [5.74, 6) is 0.0657. The van der Waals surface area contributed by atoms with Gasteiger partial charge in [0, 0.05) is 51.4 Å². The molecular formula is C19H26N4O2. The first kappa shape index (κ1) is 17.7. The highest BCUT2D eigenvalue weighted by Gasteiger charge is 2.27. The molecule has 1 aromatic carbocycles. The van der Waals surface area contributed by atoms with Crippen molar-refractivity contribution >= 4 is 11.6 Å². The number of benzene rings is 1. The summed E-state index contributed by atoms with van der Waals surface area (Å²) in [6, 6.07) is 10.3. The van der Waals surface area contributed by atoms with Crippen molar-refractivity contribution < 1.29 is 9.53 Å². The predicted molar refractivity (Wildman–Crippen MR) is 96.4 cm³/mol. The van der Waals surface area contributed by atoms with Crippen LogP contribution >= 0.6 is 0 Å². The summed E-state index contributed by atoms with van der Waals surface area (Å²) >= 11 is 0. The average Bonchev–Trinajstić information content (AvgIpc) is 2.66. The molecular weight excluding hydrogens is 316 g/mol. The second-order valence-electron chi connectivity index (χ2n) is 6.72. The van der Waals surface area contributed by atoms with Crippen LogP contribution in [0, 0.1) is 18.3 Å². The summed E-state index contributed by atoms with van der Waals surface area (Å²) in [5.41, 5.74) is 2.56. The van der Waals surface area contributed by atoms with E-state index in [1.54, 1.807) is 4.90 Å². The monoisotopic (exact) mass is 342 g/mol. The fourth-order valence-corrected chi connectivity index (χ4v) is 3.46. The van der Waals surface area contributed by atoms with E-state index in [0.29, 0.717) is 26.2 Å². The lowest BCUT2D eigenvalue weighted by Crippen LogP contribution is -2.50. The maximum absolute atomic E-state index is 12.4. The average molecular weight is 342 g/mol. The Balaban J connectivity index is 1.45. The third-order valence-corrected chi connectivity index (χ3v) is 4.98. The van der Waals surface area contributed by atoms with Gasteiger partial charge in [-0.05, 0) is 24.6 Å². The zero-order chi connectivity index (χ0) is 17.6. The third kappa shape index (κ3) is 4.50. The minimum atomic E-state index is -0.431. The van der Waals surface area contributed by atoms with Gasteiger partial charge in [0.05, 0.1) is 19.3 Å². The normalized spacial score (nSPS) is 21.8. The number of anilines is 1. The second kappa shape index (κ2) is 8.32. The van der Waals surface area contributed by atoms with Crippen LogP contribution in [0.4, 0.5) is 5.69 Å². The smallest absolute Gasteiger partial charge is 0.225 e. The Hall–Kier alpha value is -2.10. The predicted octanol–water partition coefficient (Wildman–Crippen LogP) is 1.26. The van der Waals surface area contributed by atoms with Gasteiger partial charge in [-0.1, -0.05) is 12.1 Å². The standard InChI is InChI=1S/C19H26N4O2/c1-16-3-2-4-17(13-16)22-9-7-21(8-10-22)6-5-19(24)23-11-12-25-15-18(23)14-20/h2-4,13,18H,5-12,15H2,1H3/t18-/m1/s1. The zero-order valence-corrected chi connectivity index (χ0v) is 14.9. The van der Waals surface area contributed by atoms with Gasteiger partial charge in [-0.15, -0.1) is 0 Å². The van der Waals surface area contributed by atoms with Crippen LogP contribution < -0.4 is 4.90 Å². The highest BCUT2D eigenvalue weighted by molar-refractivity contribution is 5.77. The summed E-state index contributed by atoms with van der Waals surface area (Å²) in [7, 11) is 0. The Morgan fingerprint density at radius 1 is 1.28 bits per heavy atom. The van der Waals surface area contributed by atoms with Crippen molar-refractivity contribution in [2.75, 3.05) is 57.4 Å². The Morgan fingerprint density at radius 3 is 2.80 bits per heavy atom. The van der Waals surface area contributed by atoms with E-state index in [2.05, 4.69) is 47.1 Å². The molecule has 0 unspecified atom stereocenters. The number of nitriles is 1. The Kier molecular flexibility index (Phi) is 5.90. The molecule has 134 valence electrons. The number of amides is 1. The fraction of sp³-hybridized carbons (Fsp3) is 0.579. The highest BCUT2D eigenvalue weighted by Crippen LogP contribution is 2.18. The number of aryl methyl sites for hydroxylation is 1. The molecule has 0 radical (unpaired) electrons. The molecule has 0 saturated carbocycles. The molecule has 1 amide bonds. The van der Waals surface area contributed by atoms with Crippen LogP contribution in [0.25, 0.3) is 0 Å². The van der Waals surface area contributed by atoms with Crippen LogP contribution in [0.15, 0.2) is 24.3 Å². The number of carbonyl (C=O) groups is 1. The van der Waals surface area contributed by atoms with Crippen LogP contribution in [0.2, 0.25) is 0 Å². The minimum absolute atomic E-state index is 0.0657. The van der Waals surface area contributed by atoms with Gasteiger partial charge in [0.25, 0.3) is 0 Å². The molecule has 0 aromatic heterocycles. The fourth-order valence-electron chi connectivity index (χ4n) is 3.46. The molecule has 1 atom stereocenters. The molecule has 25 heavy (non-hydrogen) atoms. The molecule has 0 aliphatic carbocycles. The molecule has 2 heterocycles. The molecule has 2 aliphatic heterocycles. The molecule has 2 aliphatic rings. The zero-order valence-electron chi connectivity index (χ0n) is 14.9. The van der Waals surface area contributed by atoms with Gasteiger partial charge >= 0.3 is 0 Å². The third-order valence-electron chi connectivity index (χ3n) is 4.98. The molecule has 3 rings (SSSR count). The van der Waals surface area contributed by atoms with Crippen molar-refractivity contribution in [2.24, 2.45) is 0 Å². The van der Waals surface area contributed by atoms with Crippen molar-refractivity contribution in [3.05, 3.63) is 29.8 Å². The summed E-state index contributed by atoms with van der Waals surface area (Å²) in [6.45, 7) is 8.15. The van der Waals surface area contributed by atoms with Crippen LogP contribution in [-0.2, 0) is 9.53 Å². The molecule has 1 aromatic rings. The van der Waals surface area contributed by atoms with E-state index in [1.165, 1.54) is 11.3 Å². The van der Waals surface area contributed by atoms with Crippen molar-refractivity contribution in [2.45, 2.75) is 19.4 Å². The first-order valence-corrected chi connectivity index (χ1v) is 8.98. The lowest BCUT2D eigenvalue weighted by molar-refractivity contribution is -0.138. The number of nitrogens with zero attached hydrogens (tertiary/aromatic N) is 4. The van der Waals surface area contributed by atoms with E-state index in [1.807, 2.05) is 0 Å². The number of hydrogen-bond acceptors (Lipinski definition) is 5. The van der Waals surface area contributed by atoms with E-state index in [9.17, 15) is 4.79 Å². The quantitative estimate of drug-likeness (QED) is 0.824. The number of ether oxygens (including phenoxy) is 1. The van der Waals surface area contributed by atoms with E-state index < -0.39 is 6.04 Å². The lowest BCUT2D eigenvalue weighted by Gasteiger charge is -2.37. The maximum atomic E-state index is 12.4. The van der Waals surface area contributed by atoms with Crippen LogP contribution in [0.1, 0.15) is 12.0 Å². The Morgan fingerprint density at radius 2 is 2.08 bits per heavy atom. The summed E-state index contributed by atoms with van der Waals surface area (Å²) in [6.07, 6.45) is 0.475. The number of carbonyl (C=O) groups excluding carboxylic acids is 1. The minimum Gasteiger partial charge on any atom is -0.376 e. The molecule has 2 saturated heterocycles. The van der Waals surface area contributed by atoms with Crippen LogP contribution in [0.5, 0.6) is 0 Å². The van der Waals surface area contributed by atoms with E-state index in [4.69, 9.17) is 10.00 Å². The largest absolute Gasteiger partial charge is 0.376 e.